The van der Waals surface area contributed by atoms with Gasteiger partial charge in [0.25, 0.3) is 0 Å². The maximum absolute atomic E-state index is 15.1. The van der Waals surface area contributed by atoms with E-state index < -0.39 is 107 Å². The van der Waals surface area contributed by atoms with Crippen LogP contribution in [0.25, 0.3) is 0 Å². The normalized spacial score (nSPS) is 15.4. The molecule has 27 heteroatoms. The van der Waals surface area contributed by atoms with E-state index in [1.807, 2.05) is 0 Å². The first kappa shape index (κ1) is 47.6. The summed E-state index contributed by atoms with van der Waals surface area (Å²) in [6.45, 7) is 0. The summed E-state index contributed by atoms with van der Waals surface area (Å²) in [6.07, 6.45) is -15.5. The van der Waals surface area contributed by atoms with Crippen LogP contribution in [0.1, 0.15) is 11.1 Å². The number of benzene rings is 3. The SMILES string of the molecule is FC(F)(F)C(F)(F)C(F)(F)C(F)(F)C(F)(F)C(F)(F)c1cccc(P(c2ccccc2)c2cccc(C(F)(F)C(F)(F)C(F)(F)C(F)(F)C(F)(F)C(F)(F)F)c2)c1. The van der Waals surface area contributed by atoms with Crippen molar-refractivity contribution in [2.24, 2.45) is 0 Å². The van der Waals surface area contributed by atoms with Gasteiger partial charge in [-0.25, -0.2) is 0 Å². The van der Waals surface area contributed by atoms with Crippen LogP contribution >= 0.6 is 7.92 Å². The lowest BCUT2D eigenvalue weighted by atomic mass is 9.90. The van der Waals surface area contributed by atoms with Crippen molar-refractivity contribution in [1.29, 1.82) is 0 Å². The minimum absolute atomic E-state index is 0.156. The van der Waals surface area contributed by atoms with Crippen LogP contribution in [0.15, 0.2) is 78.9 Å². The van der Waals surface area contributed by atoms with Crippen LogP contribution in [0.3, 0.4) is 0 Å². The number of alkyl halides is 26. The van der Waals surface area contributed by atoms with Crippen LogP contribution < -0.4 is 15.9 Å². The Balaban J connectivity index is 2.26. The third-order valence-corrected chi connectivity index (χ3v) is 10.2. The van der Waals surface area contributed by atoms with Gasteiger partial charge in [0.15, 0.2) is 0 Å². The Morgan fingerprint density at radius 3 is 0.807 bits per heavy atom. The lowest BCUT2D eigenvalue weighted by Gasteiger charge is -2.40. The molecule has 0 bridgehead atoms. The van der Waals surface area contributed by atoms with Crippen molar-refractivity contribution in [1.82, 2.24) is 0 Å². The van der Waals surface area contributed by atoms with Crippen LogP contribution in [0.5, 0.6) is 0 Å². The summed E-state index contributed by atoms with van der Waals surface area (Å²) < 4.78 is 359. The molecule has 0 aromatic heterocycles. The van der Waals surface area contributed by atoms with Gasteiger partial charge in [0.05, 0.1) is 0 Å². The molecule has 0 aliphatic heterocycles. The summed E-state index contributed by atoms with van der Waals surface area (Å²) in [7, 11) is -3.18. The predicted molar refractivity (Wildman–Crippen MR) is 145 cm³/mol. The highest BCUT2D eigenvalue weighted by molar-refractivity contribution is 7.79. The summed E-state index contributed by atoms with van der Waals surface area (Å²) in [5.74, 6) is -78.9. The van der Waals surface area contributed by atoms with Crippen molar-refractivity contribution in [2.45, 2.75) is 71.6 Å². The summed E-state index contributed by atoms with van der Waals surface area (Å²) in [5, 5.41) is -2.60. The fourth-order valence-corrected chi connectivity index (χ4v) is 6.98. The van der Waals surface area contributed by atoms with E-state index in [2.05, 4.69) is 0 Å². The second kappa shape index (κ2) is 13.9. The standard InChI is InChI=1S/C30H13F26P/c31-19(32,21(35,36)23(39,40)25(43,44)27(47,48)29(51,52)53)14-6-4-10-17(12-14)57(16-8-2-1-3-9-16)18-11-5-7-15(13-18)20(33,34)22(37,38)24(41,42)26(45,46)28(49,50)30(54,55)56/h1-13H. The number of rotatable bonds is 13. The zero-order valence-electron chi connectivity index (χ0n) is 26.3. The van der Waals surface area contributed by atoms with E-state index in [0.29, 0.717) is 12.1 Å². The van der Waals surface area contributed by atoms with Crippen molar-refractivity contribution in [3.8, 4) is 0 Å². The molecule has 0 aliphatic carbocycles. The van der Waals surface area contributed by atoms with Crippen LogP contribution in [0.2, 0.25) is 0 Å². The fourth-order valence-electron chi connectivity index (χ4n) is 4.61. The van der Waals surface area contributed by atoms with Crippen molar-refractivity contribution >= 4 is 23.8 Å². The quantitative estimate of drug-likeness (QED) is 0.118. The molecule has 3 rings (SSSR count). The third kappa shape index (κ3) is 6.91. The zero-order chi connectivity index (χ0) is 44.7. The number of hydrogen-bond donors (Lipinski definition) is 0. The first-order valence-electron chi connectivity index (χ1n) is 14.1. The molecular weight excluding hydrogens is 885 g/mol. The summed E-state index contributed by atoms with van der Waals surface area (Å²) in [6, 6.07) is 4.73. The molecule has 0 amide bonds. The van der Waals surface area contributed by atoms with Gasteiger partial charge >= 0.3 is 71.6 Å². The lowest BCUT2D eigenvalue weighted by Crippen LogP contribution is -2.69. The van der Waals surface area contributed by atoms with Crippen LogP contribution in [0, 0.1) is 0 Å². The fraction of sp³-hybridized carbons (Fsp3) is 0.400. The molecule has 0 fully saturated rings. The Morgan fingerprint density at radius 2 is 0.526 bits per heavy atom. The number of hydrogen-bond acceptors (Lipinski definition) is 0. The Labute approximate surface area is 300 Å². The number of halogens is 26. The largest absolute Gasteiger partial charge is 0.460 e. The van der Waals surface area contributed by atoms with E-state index >= 15 is 17.6 Å². The van der Waals surface area contributed by atoms with Gasteiger partial charge in [-0.15, -0.1) is 0 Å². The summed E-state index contributed by atoms with van der Waals surface area (Å²) in [5.41, 5.74) is -5.22. The zero-order valence-corrected chi connectivity index (χ0v) is 27.2. The van der Waals surface area contributed by atoms with Gasteiger partial charge < -0.3 is 0 Å². The van der Waals surface area contributed by atoms with Crippen LogP contribution in [-0.4, -0.2) is 59.7 Å². The summed E-state index contributed by atoms with van der Waals surface area (Å²) >= 11 is 0. The lowest BCUT2D eigenvalue weighted by molar-refractivity contribution is -0.441. The van der Waals surface area contributed by atoms with E-state index in [1.165, 1.54) is 0 Å². The molecule has 0 unspecified atom stereocenters. The molecule has 3 aromatic rings. The molecule has 57 heavy (non-hydrogen) atoms. The van der Waals surface area contributed by atoms with Crippen molar-refractivity contribution in [3.63, 3.8) is 0 Å². The van der Waals surface area contributed by atoms with E-state index in [9.17, 15) is 96.6 Å². The average Bonchev–Trinajstić information content (AvgIpc) is 3.07. The van der Waals surface area contributed by atoms with Crippen LogP contribution in [-0.2, 0) is 11.8 Å². The molecule has 0 saturated carbocycles. The molecule has 0 heterocycles. The van der Waals surface area contributed by atoms with E-state index in [4.69, 9.17) is 0 Å². The van der Waals surface area contributed by atoms with Gasteiger partial charge in [0.2, 0.25) is 0 Å². The smallest absolute Gasteiger partial charge is 0.194 e. The van der Waals surface area contributed by atoms with Gasteiger partial charge in [0, 0.05) is 11.1 Å². The van der Waals surface area contributed by atoms with Crippen molar-refractivity contribution in [2.75, 3.05) is 0 Å². The van der Waals surface area contributed by atoms with E-state index in [1.54, 1.807) is 0 Å². The molecule has 0 spiro atoms. The Bertz CT molecular complexity index is 1770. The van der Waals surface area contributed by atoms with Crippen LogP contribution in [0.4, 0.5) is 114 Å². The maximum atomic E-state index is 15.1. The minimum Gasteiger partial charge on any atom is -0.194 e. The molecule has 0 nitrogen and oxygen atoms in total. The molecular formula is C30H13F26P. The highest BCUT2D eigenvalue weighted by Gasteiger charge is 2.92. The molecule has 0 saturated heterocycles. The second-order valence-electron chi connectivity index (χ2n) is 11.5. The Morgan fingerprint density at radius 1 is 0.263 bits per heavy atom. The Hall–Kier alpha value is -3.73. The molecule has 0 radical (unpaired) electrons. The monoisotopic (exact) mass is 898 g/mol. The van der Waals surface area contributed by atoms with Gasteiger partial charge in [-0.2, -0.15) is 114 Å². The molecule has 0 atom stereocenters. The van der Waals surface area contributed by atoms with Gasteiger partial charge in [0.1, 0.15) is 0 Å². The Kier molecular flexibility index (Phi) is 11.7. The predicted octanol–water partition coefficient (Wildman–Crippen LogP) is 11.8. The topological polar surface area (TPSA) is 0 Å². The van der Waals surface area contributed by atoms with E-state index in [0.717, 1.165) is 30.3 Å². The van der Waals surface area contributed by atoms with Gasteiger partial charge in [-0.3, -0.25) is 0 Å². The van der Waals surface area contributed by atoms with Gasteiger partial charge in [-0.1, -0.05) is 66.7 Å². The summed E-state index contributed by atoms with van der Waals surface area (Å²) in [4.78, 5) is 0. The van der Waals surface area contributed by atoms with Crippen molar-refractivity contribution < 1.29 is 114 Å². The minimum atomic E-state index is -8.31. The first-order valence-corrected chi connectivity index (χ1v) is 15.5. The highest BCUT2D eigenvalue weighted by Crippen LogP contribution is 2.64. The molecule has 0 aliphatic rings. The second-order valence-corrected chi connectivity index (χ2v) is 13.7. The van der Waals surface area contributed by atoms with Gasteiger partial charge in [-0.05, 0) is 36.0 Å². The first-order chi connectivity index (χ1) is 25.2. The molecule has 3 aromatic carbocycles. The molecule has 0 N–H and O–H groups in total. The third-order valence-electron chi connectivity index (χ3n) is 7.81. The molecule has 320 valence electrons. The van der Waals surface area contributed by atoms with E-state index in [-0.39, 0.29) is 36.4 Å². The average molecular weight is 898 g/mol. The highest BCUT2D eigenvalue weighted by atomic mass is 31.1. The van der Waals surface area contributed by atoms with Crippen molar-refractivity contribution in [3.05, 3.63) is 90.0 Å². The maximum Gasteiger partial charge on any atom is 0.460 e.